The van der Waals surface area contributed by atoms with Crippen LogP contribution in [-0.4, -0.2) is 110 Å². The van der Waals surface area contributed by atoms with E-state index < -0.39 is 42.2 Å². The number of ketones is 1. The van der Waals surface area contributed by atoms with Crippen LogP contribution in [0.2, 0.25) is 0 Å². The highest BCUT2D eigenvalue weighted by molar-refractivity contribution is 5.90. The quantitative estimate of drug-likeness (QED) is 0.168. The predicted molar refractivity (Wildman–Crippen MR) is 201 cm³/mol. The maximum Gasteiger partial charge on any atom is 0.226 e. The number of benzene rings is 1. The number of hydrogen-bond acceptors (Lipinski definition) is 8. The third-order valence-electron chi connectivity index (χ3n) is 11.1. The standard InChI is InChI=1S/C40H68N4O7/c1-13-26(6)36(43(10)40(49)30(24(2)3)22-32(45)35(41-9)25(4)5)33(50-11)23-34(46)44-21-17-20-31(44)38(51-12)27(7)39(48)42-28(8)37(47)29-18-15-14-16-19-29/h14-16,18-19,24-28,30-31,33,35-38,41,47H,13,17,20-23H2,1-12H3,(H,42,48)/t26-,27+,28+,30-,31-,33+,35-,36-,37+,38+/m0/s1. The zero-order chi connectivity index (χ0) is 38.6. The fourth-order valence-corrected chi connectivity index (χ4v) is 7.76. The van der Waals surface area contributed by atoms with Gasteiger partial charge >= 0.3 is 0 Å². The van der Waals surface area contributed by atoms with E-state index in [1.54, 1.807) is 52.0 Å². The second kappa shape index (κ2) is 21.0. The summed E-state index contributed by atoms with van der Waals surface area (Å²) in [5.74, 6) is -1.54. The number of amides is 3. The van der Waals surface area contributed by atoms with Crippen molar-refractivity contribution in [3.8, 4) is 0 Å². The Hall–Kier alpha value is -2.86. The molecule has 1 aromatic carbocycles. The number of aliphatic hydroxyl groups excluding tert-OH is 1. The molecule has 10 atom stereocenters. The summed E-state index contributed by atoms with van der Waals surface area (Å²) in [6, 6.07) is 7.61. The highest BCUT2D eigenvalue weighted by Gasteiger charge is 2.43. The van der Waals surface area contributed by atoms with Crippen LogP contribution in [0.3, 0.4) is 0 Å². The van der Waals surface area contributed by atoms with Gasteiger partial charge in [-0.25, -0.2) is 0 Å². The Morgan fingerprint density at radius 3 is 2.10 bits per heavy atom. The van der Waals surface area contributed by atoms with E-state index in [0.717, 1.165) is 12.8 Å². The van der Waals surface area contributed by atoms with Gasteiger partial charge in [0.1, 0.15) is 0 Å². The molecular formula is C40H68N4O7. The molecule has 1 heterocycles. The van der Waals surface area contributed by atoms with Crippen LogP contribution >= 0.6 is 0 Å². The smallest absolute Gasteiger partial charge is 0.226 e. The summed E-state index contributed by atoms with van der Waals surface area (Å²) < 4.78 is 11.9. The van der Waals surface area contributed by atoms with Crippen LogP contribution in [0, 0.1) is 29.6 Å². The molecule has 1 aliphatic rings. The molecule has 1 fully saturated rings. The molecule has 11 heteroatoms. The van der Waals surface area contributed by atoms with E-state index in [0.29, 0.717) is 18.5 Å². The lowest BCUT2D eigenvalue weighted by Crippen LogP contribution is -2.54. The molecule has 0 aliphatic carbocycles. The molecule has 11 nitrogen and oxygen atoms in total. The number of ether oxygens (including phenoxy) is 2. The molecule has 51 heavy (non-hydrogen) atoms. The van der Waals surface area contributed by atoms with Gasteiger partial charge in [-0.15, -0.1) is 0 Å². The Morgan fingerprint density at radius 2 is 1.59 bits per heavy atom. The Kier molecular flexibility index (Phi) is 18.2. The molecule has 0 unspecified atom stereocenters. The molecule has 0 bridgehead atoms. The van der Waals surface area contributed by atoms with Gasteiger partial charge in [0.25, 0.3) is 0 Å². The van der Waals surface area contributed by atoms with Gasteiger partial charge in [0, 0.05) is 40.2 Å². The van der Waals surface area contributed by atoms with E-state index >= 15 is 0 Å². The summed E-state index contributed by atoms with van der Waals surface area (Å²) in [7, 11) is 6.68. The lowest BCUT2D eigenvalue weighted by molar-refractivity contribution is -0.149. The van der Waals surface area contributed by atoms with Gasteiger partial charge in [-0.05, 0) is 50.1 Å². The van der Waals surface area contributed by atoms with E-state index in [4.69, 9.17) is 9.47 Å². The van der Waals surface area contributed by atoms with Crippen molar-refractivity contribution >= 4 is 23.5 Å². The van der Waals surface area contributed by atoms with Gasteiger partial charge in [0.15, 0.2) is 5.78 Å². The molecule has 0 spiro atoms. The first-order valence-electron chi connectivity index (χ1n) is 18.9. The molecule has 3 amide bonds. The van der Waals surface area contributed by atoms with Crippen LogP contribution in [0.4, 0.5) is 0 Å². The van der Waals surface area contributed by atoms with Crippen molar-refractivity contribution in [3.05, 3.63) is 35.9 Å². The van der Waals surface area contributed by atoms with E-state index in [1.165, 1.54) is 0 Å². The number of Topliss-reactive ketones (excluding diaryl/α,β-unsaturated/α-hetero) is 1. The van der Waals surface area contributed by atoms with E-state index in [1.807, 2.05) is 58.0 Å². The summed E-state index contributed by atoms with van der Waals surface area (Å²) in [6.45, 7) is 16.1. The number of rotatable bonds is 21. The van der Waals surface area contributed by atoms with Gasteiger partial charge in [-0.1, -0.05) is 85.2 Å². The number of carbonyl (C=O) groups excluding carboxylic acids is 4. The summed E-state index contributed by atoms with van der Waals surface area (Å²) >= 11 is 0. The minimum Gasteiger partial charge on any atom is -0.386 e. The predicted octanol–water partition coefficient (Wildman–Crippen LogP) is 4.62. The highest BCUT2D eigenvalue weighted by Crippen LogP contribution is 2.31. The maximum atomic E-state index is 14.2. The van der Waals surface area contributed by atoms with E-state index in [2.05, 4.69) is 24.5 Å². The van der Waals surface area contributed by atoms with Crippen LogP contribution in [-0.2, 0) is 28.7 Å². The molecular weight excluding hydrogens is 648 g/mol. The van der Waals surface area contributed by atoms with Crippen LogP contribution < -0.4 is 10.6 Å². The summed E-state index contributed by atoms with van der Waals surface area (Å²) in [5, 5.41) is 16.9. The fourth-order valence-electron chi connectivity index (χ4n) is 7.76. The average Bonchev–Trinajstić information content (AvgIpc) is 3.59. The average molecular weight is 717 g/mol. The van der Waals surface area contributed by atoms with Crippen molar-refractivity contribution in [1.82, 2.24) is 20.4 Å². The molecule has 2 rings (SSSR count). The molecule has 1 aliphatic heterocycles. The zero-order valence-corrected chi connectivity index (χ0v) is 33.3. The van der Waals surface area contributed by atoms with Crippen LogP contribution in [0.5, 0.6) is 0 Å². The molecule has 290 valence electrons. The molecule has 0 aromatic heterocycles. The summed E-state index contributed by atoms with van der Waals surface area (Å²) in [5.41, 5.74) is 0.714. The molecule has 0 radical (unpaired) electrons. The lowest BCUT2D eigenvalue weighted by atomic mass is 9.84. The lowest BCUT2D eigenvalue weighted by Gasteiger charge is -2.41. The van der Waals surface area contributed by atoms with Crippen molar-refractivity contribution in [2.45, 2.75) is 130 Å². The summed E-state index contributed by atoms with van der Waals surface area (Å²) in [4.78, 5) is 58.6. The monoisotopic (exact) mass is 717 g/mol. The number of likely N-dealkylation sites (tertiary alicyclic amines) is 1. The highest BCUT2D eigenvalue weighted by atomic mass is 16.5. The minimum absolute atomic E-state index is 0.0129. The Labute approximate surface area is 307 Å². The second-order valence-electron chi connectivity index (χ2n) is 15.3. The number of hydrogen-bond donors (Lipinski definition) is 3. The van der Waals surface area contributed by atoms with Gasteiger partial charge in [0.05, 0.1) is 54.8 Å². The third kappa shape index (κ3) is 11.6. The number of nitrogens with zero attached hydrogens (tertiary/aromatic N) is 2. The van der Waals surface area contributed by atoms with Crippen molar-refractivity contribution < 1.29 is 33.8 Å². The maximum absolute atomic E-state index is 14.2. The fraction of sp³-hybridized carbons (Fsp3) is 0.750. The number of methoxy groups -OCH3 is 2. The third-order valence-corrected chi connectivity index (χ3v) is 11.1. The first-order chi connectivity index (χ1) is 24.0. The number of nitrogens with one attached hydrogen (secondary N) is 2. The topological polar surface area (TPSA) is 138 Å². The molecule has 1 aromatic rings. The summed E-state index contributed by atoms with van der Waals surface area (Å²) in [6.07, 6.45) is 0.381. The van der Waals surface area contributed by atoms with Crippen molar-refractivity contribution in [1.29, 1.82) is 0 Å². The van der Waals surface area contributed by atoms with Crippen LogP contribution in [0.1, 0.15) is 99.2 Å². The van der Waals surface area contributed by atoms with Crippen molar-refractivity contribution in [2.75, 3.05) is 34.9 Å². The minimum atomic E-state index is -0.871. The van der Waals surface area contributed by atoms with Gasteiger partial charge in [-0.2, -0.15) is 0 Å². The van der Waals surface area contributed by atoms with Crippen LogP contribution in [0.15, 0.2) is 30.3 Å². The van der Waals surface area contributed by atoms with Gasteiger partial charge < -0.3 is 35.0 Å². The zero-order valence-electron chi connectivity index (χ0n) is 33.3. The Bertz CT molecular complexity index is 1240. The second-order valence-corrected chi connectivity index (χ2v) is 15.3. The first kappa shape index (κ1) is 44.3. The Morgan fingerprint density at radius 1 is 0.961 bits per heavy atom. The molecule has 0 saturated carbocycles. The van der Waals surface area contributed by atoms with E-state index in [9.17, 15) is 24.3 Å². The molecule has 3 N–H and O–H groups in total. The largest absolute Gasteiger partial charge is 0.386 e. The Balaban J connectivity index is 2.24. The first-order valence-corrected chi connectivity index (χ1v) is 18.9. The van der Waals surface area contributed by atoms with Crippen molar-refractivity contribution in [3.63, 3.8) is 0 Å². The van der Waals surface area contributed by atoms with Gasteiger partial charge in [-0.3, -0.25) is 19.2 Å². The molecule has 1 saturated heterocycles. The SMILES string of the molecule is CC[C@H](C)[C@@H]([C@@H](CC(=O)N1CCC[C@H]1[C@H](OC)[C@@H](C)C(=O)N[C@H](C)[C@@H](O)c1ccccc1)OC)N(C)C(=O)[C@@H](CC(=O)[C@@H](NC)C(C)C)C(C)C. The van der Waals surface area contributed by atoms with Gasteiger partial charge in [0.2, 0.25) is 17.7 Å². The normalized spacial score (nSPS) is 20.2. The van der Waals surface area contributed by atoms with Crippen LogP contribution in [0.25, 0.3) is 0 Å². The number of aliphatic hydroxyl groups is 1. The van der Waals surface area contributed by atoms with E-state index in [-0.39, 0.29) is 66.2 Å². The number of likely N-dealkylation sites (N-methyl/N-ethyl adjacent to an activating group) is 2. The number of carbonyl (C=O) groups is 4. The van der Waals surface area contributed by atoms with Crippen molar-refractivity contribution in [2.24, 2.45) is 29.6 Å².